The van der Waals surface area contributed by atoms with Crippen LogP contribution in [0.15, 0.2) is 0 Å². The summed E-state index contributed by atoms with van der Waals surface area (Å²) in [6.45, 7) is 0.952. The minimum atomic E-state index is -0.936. The van der Waals surface area contributed by atoms with Crippen LogP contribution in [0.1, 0.15) is 6.92 Å². The summed E-state index contributed by atoms with van der Waals surface area (Å²) in [4.78, 5) is 11.8. The molecule has 0 aliphatic heterocycles. The lowest BCUT2D eigenvalue weighted by Gasteiger charge is -2.16. The number of aliphatic hydroxyl groups is 1. The topological polar surface area (TPSA) is 60.4 Å². The lowest BCUT2D eigenvalue weighted by Crippen LogP contribution is -2.34. The van der Waals surface area contributed by atoms with E-state index < -0.39 is 12.7 Å². The molecule has 0 aromatic carbocycles. The monoisotopic (exact) mass is 146 g/mol. The average Bonchev–Trinajstić information content (AvgIpc) is 1.87. The first kappa shape index (κ1) is 9.39. The minimum absolute atomic E-state index is 0.124. The number of carbonyl (C=O) groups excluding carboxylic acids is 1. The number of hydrogen-bond donors (Lipinski definition) is 1. The van der Waals surface area contributed by atoms with Gasteiger partial charge in [0.1, 0.15) is 6.61 Å². The van der Waals surface area contributed by atoms with Gasteiger partial charge in [0.05, 0.1) is 6.10 Å². The number of rotatable bonds is 3. The Balaban J connectivity index is 3.56. The van der Waals surface area contributed by atoms with Crippen LogP contribution in [0.4, 0.5) is 0 Å². The molecule has 1 radical (unpaired) electrons. The maximum absolute atomic E-state index is 10.5. The van der Waals surface area contributed by atoms with Crippen molar-refractivity contribution in [2.24, 2.45) is 0 Å². The largest absolute Gasteiger partial charge is 0.389 e. The van der Waals surface area contributed by atoms with E-state index in [9.17, 15) is 9.90 Å². The van der Waals surface area contributed by atoms with Crippen LogP contribution in [0.5, 0.6) is 0 Å². The lowest BCUT2D eigenvalue weighted by atomic mass is 10.3. The Morgan fingerprint density at radius 3 is 2.50 bits per heavy atom. The Morgan fingerprint density at radius 1 is 1.70 bits per heavy atom. The van der Waals surface area contributed by atoms with Gasteiger partial charge in [0.15, 0.2) is 0 Å². The Morgan fingerprint density at radius 2 is 2.20 bits per heavy atom. The second kappa shape index (κ2) is 4.24. The van der Waals surface area contributed by atoms with Gasteiger partial charge in [-0.25, -0.2) is 5.11 Å². The van der Waals surface area contributed by atoms with Crippen molar-refractivity contribution in [3.63, 3.8) is 0 Å². The van der Waals surface area contributed by atoms with Gasteiger partial charge in [0, 0.05) is 20.5 Å². The molecule has 10 heavy (non-hydrogen) atoms. The Hall–Kier alpha value is -0.610. The van der Waals surface area contributed by atoms with E-state index >= 15 is 0 Å². The molecule has 0 saturated carbocycles. The van der Waals surface area contributed by atoms with Crippen LogP contribution in [0.3, 0.4) is 0 Å². The molecule has 0 rings (SSSR count). The Labute approximate surface area is 60.1 Å². The molecule has 0 aliphatic rings. The number of likely N-dealkylation sites (N-methyl/N-ethyl adjacent to an activating group) is 1. The maximum Gasteiger partial charge on any atom is 0.219 e. The molecule has 0 aromatic rings. The second-order valence-electron chi connectivity index (χ2n) is 2.22. The number of aliphatic hydroxyl groups excluding tert-OH is 1. The van der Waals surface area contributed by atoms with Crippen LogP contribution >= 0.6 is 0 Å². The molecule has 0 fully saturated rings. The Bertz CT molecular complexity index is 116. The number of hydrogen-bond acceptors (Lipinski definition) is 2. The molecular formula is C6H12NO3. The standard InChI is InChI=1S/C6H12NO3/c1-5(9)7(2)3-6(10)4-8/h6,10H,3-4H2,1-2H3. The van der Waals surface area contributed by atoms with Gasteiger partial charge in [-0.2, -0.15) is 0 Å². The predicted octanol–water partition coefficient (Wildman–Crippen LogP) is -0.744. The Kier molecular flexibility index (Phi) is 3.99. The number of amides is 1. The first-order valence-corrected chi connectivity index (χ1v) is 3.05. The van der Waals surface area contributed by atoms with E-state index in [4.69, 9.17) is 5.11 Å². The van der Waals surface area contributed by atoms with Crippen LogP contribution < -0.4 is 0 Å². The van der Waals surface area contributed by atoms with Crippen molar-refractivity contribution >= 4 is 5.91 Å². The molecular weight excluding hydrogens is 134 g/mol. The van der Waals surface area contributed by atoms with Crippen molar-refractivity contribution < 1.29 is 15.0 Å². The molecule has 4 nitrogen and oxygen atoms in total. The quantitative estimate of drug-likeness (QED) is 0.569. The van der Waals surface area contributed by atoms with E-state index in [1.54, 1.807) is 7.05 Å². The van der Waals surface area contributed by atoms with Crippen molar-refractivity contribution in [2.45, 2.75) is 13.0 Å². The third-order valence-electron chi connectivity index (χ3n) is 1.21. The summed E-state index contributed by atoms with van der Waals surface area (Å²) >= 11 is 0. The van der Waals surface area contributed by atoms with E-state index in [1.807, 2.05) is 0 Å². The van der Waals surface area contributed by atoms with Gasteiger partial charge in [0.2, 0.25) is 5.91 Å². The summed E-state index contributed by atoms with van der Waals surface area (Å²) in [5.41, 5.74) is 0. The molecule has 0 heterocycles. The van der Waals surface area contributed by atoms with Gasteiger partial charge in [-0.15, -0.1) is 0 Å². The molecule has 0 spiro atoms. The van der Waals surface area contributed by atoms with E-state index in [-0.39, 0.29) is 12.5 Å². The van der Waals surface area contributed by atoms with Gasteiger partial charge in [-0.05, 0) is 0 Å². The van der Waals surface area contributed by atoms with Crippen LogP contribution in [0, 0.1) is 0 Å². The van der Waals surface area contributed by atoms with Crippen molar-refractivity contribution in [3.8, 4) is 0 Å². The number of nitrogens with zero attached hydrogens (tertiary/aromatic N) is 1. The summed E-state index contributed by atoms with van der Waals surface area (Å²) in [6.07, 6.45) is -0.936. The molecule has 0 aliphatic carbocycles. The molecule has 1 N–H and O–H groups in total. The molecule has 1 amide bonds. The highest BCUT2D eigenvalue weighted by atomic mass is 16.3. The molecule has 0 bridgehead atoms. The van der Waals surface area contributed by atoms with E-state index in [1.165, 1.54) is 11.8 Å². The van der Waals surface area contributed by atoms with Crippen LogP contribution in [-0.4, -0.2) is 42.2 Å². The fourth-order valence-corrected chi connectivity index (χ4v) is 0.497. The minimum Gasteiger partial charge on any atom is -0.389 e. The van der Waals surface area contributed by atoms with Crippen LogP contribution in [0.2, 0.25) is 0 Å². The highest BCUT2D eigenvalue weighted by Gasteiger charge is 2.08. The van der Waals surface area contributed by atoms with E-state index in [0.717, 1.165) is 0 Å². The molecule has 1 atom stereocenters. The zero-order valence-corrected chi connectivity index (χ0v) is 6.20. The van der Waals surface area contributed by atoms with Crippen molar-refractivity contribution in [1.29, 1.82) is 0 Å². The summed E-state index contributed by atoms with van der Waals surface area (Å²) in [5.74, 6) is -0.146. The summed E-state index contributed by atoms with van der Waals surface area (Å²) in [5, 5.41) is 18.8. The zero-order valence-electron chi connectivity index (χ0n) is 6.20. The SMILES string of the molecule is CC(=O)N(C)CC(O)C[O]. The fourth-order valence-electron chi connectivity index (χ4n) is 0.497. The van der Waals surface area contributed by atoms with Crippen LogP contribution in [-0.2, 0) is 9.90 Å². The van der Waals surface area contributed by atoms with E-state index in [2.05, 4.69) is 0 Å². The molecule has 1 unspecified atom stereocenters. The molecule has 0 aromatic heterocycles. The van der Waals surface area contributed by atoms with Gasteiger partial charge in [0.25, 0.3) is 0 Å². The highest BCUT2D eigenvalue weighted by molar-refractivity contribution is 5.72. The highest BCUT2D eigenvalue weighted by Crippen LogP contribution is 1.88. The summed E-state index contributed by atoms with van der Waals surface area (Å²) in [7, 11) is 1.54. The fraction of sp³-hybridized carbons (Fsp3) is 0.833. The maximum atomic E-state index is 10.5. The summed E-state index contributed by atoms with van der Waals surface area (Å²) in [6, 6.07) is 0. The summed E-state index contributed by atoms with van der Waals surface area (Å²) < 4.78 is 0. The van der Waals surface area contributed by atoms with E-state index in [0.29, 0.717) is 0 Å². The predicted molar refractivity (Wildman–Crippen MR) is 34.9 cm³/mol. The van der Waals surface area contributed by atoms with Crippen LogP contribution in [0.25, 0.3) is 0 Å². The molecule has 4 heteroatoms. The van der Waals surface area contributed by atoms with Gasteiger partial charge in [-0.3, -0.25) is 4.79 Å². The third kappa shape index (κ3) is 3.42. The molecule has 59 valence electrons. The number of carbonyl (C=O) groups is 1. The average molecular weight is 146 g/mol. The third-order valence-corrected chi connectivity index (χ3v) is 1.21. The zero-order chi connectivity index (χ0) is 8.15. The lowest BCUT2D eigenvalue weighted by molar-refractivity contribution is -0.129. The smallest absolute Gasteiger partial charge is 0.219 e. The molecule has 0 saturated heterocycles. The normalized spacial score (nSPS) is 12.8. The first-order valence-electron chi connectivity index (χ1n) is 3.05. The van der Waals surface area contributed by atoms with Crippen molar-refractivity contribution in [1.82, 2.24) is 4.90 Å². The second-order valence-corrected chi connectivity index (χ2v) is 2.22. The van der Waals surface area contributed by atoms with Gasteiger partial charge >= 0.3 is 0 Å². The van der Waals surface area contributed by atoms with Crippen molar-refractivity contribution in [3.05, 3.63) is 0 Å². The van der Waals surface area contributed by atoms with Crippen molar-refractivity contribution in [2.75, 3.05) is 20.2 Å². The first-order chi connectivity index (χ1) is 4.57. The van der Waals surface area contributed by atoms with Gasteiger partial charge in [-0.1, -0.05) is 0 Å². The van der Waals surface area contributed by atoms with Gasteiger partial charge < -0.3 is 10.0 Å².